The van der Waals surface area contributed by atoms with E-state index in [9.17, 15) is 9.59 Å². The Morgan fingerprint density at radius 1 is 1.13 bits per heavy atom. The third-order valence-corrected chi connectivity index (χ3v) is 4.91. The molecule has 0 unspecified atom stereocenters. The van der Waals surface area contributed by atoms with Crippen molar-refractivity contribution in [1.29, 1.82) is 0 Å². The molecular weight excluding hydrogens is 290 g/mol. The highest BCUT2D eigenvalue weighted by Crippen LogP contribution is 2.41. The molecule has 4 nitrogen and oxygen atoms in total. The lowest BCUT2D eigenvalue weighted by molar-refractivity contribution is -0.137. The standard InChI is InChI=1S/C19H27NO3/c1-15-9-3-4-10-16(15)19(12-6-2-7-13-19)18(23)20-14-8-5-11-17(21)22/h3-4,9-10H,2,5-8,11-14H2,1H3,(H,20,23)(H,21,22). The summed E-state index contributed by atoms with van der Waals surface area (Å²) in [5, 5.41) is 11.7. The van der Waals surface area contributed by atoms with Gasteiger partial charge in [-0.15, -0.1) is 0 Å². The Labute approximate surface area is 138 Å². The Morgan fingerprint density at radius 2 is 1.83 bits per heavy atom. The lowest BCUT2D eigenvalue weighted by Crippen LogP contribution is -2.46. The molecule has 4 heteroatoms. The molecular formula is C19H27NO3. The van der Waals surface area contributed by atoms with Gasteiger partial charge in [-0.25, -0.2) is 0 Å². The predicted octanol–water partition coefficient (Wildman–Crippen LogP) is 3.57. The zero-order valence-electron chi connectivity index (χ0n) is 13.9. The summed E-state index contributed by atoms with van der Waals surface area (Å²) in [7, 11) is 0. The maximum absolute atomic E-state index is 12.9. The second-order valence-electron chi connectivity index (χ2n) is 6.56. The number of unbranched alkanes of at least 4 members (excludes halogenated alkanes) is 1. The number of aryl methyl sites for hydroxylation is 1. The average Bonchev–Trinajstić information content (AvgIpc) is 2.55. The lowest BCUT2D eigenvalue weighted by Gasteiger charge is -2.37. The molecule has 1 aromatic rings. The van der Waals surface area contributed by atoms with E-state index in [-0.39, 0.29) is 12.3 Å². The first-order chi connectivity index (χ1) is 11.1. The summed E-state index contributed by atoms with van der Waals surface area (Å²) in [6, 6.07) is 8.19. The van der Waals surface area contributed by atoms with Gasteiger partial charge in [0.05, 0.1) is 5.41 Å². The Balaban J connectivity index is 2.05. The van der Waals surface area contributed by atoms with Crippen LogP contribution in [0, 0.1) is 6.92 Å². The van der Waals surface area contributed by atoms with Gasteiger partial charge in [-0.2, -0.15) is 0 Å². The van der Waals surface area contributed by atoms with Crippen molar-refractivity contribution in [3.05, 3.63) is 35.4 Å². The van der Waals surface area contributed by atoms with Gasteiger partial charge in [0, 0.05) is 13.0 Å². The van der Waals surface area contributed by atoms with Gasteiger partial charge in [-0.1, -0.05) is 43.5 Å². The highest BCUT2D eigenvalue weighted by molar-refractivity contribution is 5.88. The van der Waals surface area contributed by atoms with Crippen LogP contribution >= 0.6 is 0 Å². The second kappa shape index (κ2) is 8.14. The number of hydrogen-bond donors (Lipinski definition) is 2. The van der Waals surface area contributed by atoms with Crippen LogP contribution in [0.3, 0.4) is 0 Å². The smallest absolute Gasteiger partial charge is 0.303 e. The Bertz CT molecular complexity index is 547. The zero-order chi connectivity index (χ0) is 16.7. The first-order valence-electron chi connectivity index (χ1n) is 8.62. The van der Waals surface area contributed by atoms with Gasteiger partial charge in [0.1, 0.15) is 0 Å². The summed E-state index contributed by atoms with van der Waals surface area (Å²) < 4.78 is 0. The van der Waals surface area contributed by atoms with Crippen molar-refractivity contribution in [3.8, 4) is 0 Å². The van der Waals surface area contributed by atoms with Crippen molar-refractivity contribution in [3.63, 3.8) is 0 Å². The van der Waals surface area contributed by atoms with Gasteiger partial charge in [0.2, 0.25) is 5.91 Å². The maximum atomic E-state index is 12.9. The summed E-state index contributed by atoms with van der Waals surface area (Å²) in [5.74, 6) is -0.665. The molecule has 0 radical (unpaired) electrons. The van der Waals surface area contributed by atoms with Crippen molar-refractivity contribution in [2.24, 2.45) is 0 Å². The van der Waals surface area contributed by atoms with E-state index in [4.69, 9.17) is 5.11 Å². The fourth-order valence-electron chi connectivity index (χ4n) is 3.66. The van der Waals surface area contributed by atoms with Crippen LogP contribution in [0.4, 0.5) is 0 Å². The van der Waals surface area contributed by atoms with Crippen LogP contribution in [0.2, 0.25) is 0 Å². The molecule has 23 heavy (non-hydrogen) atoms. The van der Waals surface area contributed by atoms with E-state index in [0.717, 1.165) is 31.2 Å². The number of carbonyl (C=O) groups is 2. The largest absolute Gasteiger partial charge is 0.481 e. The molecule has 0 bridgehead atoms. The summed E-state index contributed by atoms with van der Waals surface area (Å²) in [6.07, 6.45) is 6.65. The van der Waals surface area contributed by atoms with Crippen LogP contribution in [-0.2, 0) is 15.0 Å². The number of carboxylic acids is 1. The molecule has 1 aliphatic rings. The number of carboxylic acid groups (broad SMARTS) is 1. The van der Waals surface area contributed by atoms with Crippen molar-refractivity contribution in [1.82, 2.24) is 5.32 Å². The summed E-state index contributed by atoms with van der Waals surface area (Å²) in [4.78, 5) is 23.5. The van der Waals surface area contributed by atoms with Crippen LogP contribution in [0.1, 0.15) is 62.5 Å². The van der Waals surface area contributed by atoms with Crippen molar-refractivity contribution in [2.75, 3.05) is 6.54 Å². The van der Waals surface area contributed by atoms with Crippen LogP contribution < -0.4 is 5.32 Å². The lowest BCUT2D eigenvalue weighted by atomic mass is 9.67. The molecule has 1 saturated carbocycles. The minimum absolute atomic E-state index is 0.113. The van der Waals surface area contributed by atoms with E-state index in [1.165, 1.54) is 12.0 Å². The number of amides is 1. The highest BCUT2D eigenvalue weighted by Gasteiger charge is 2.41. The molecule has 1 aliphatic carbocycles. The van der Waals surface area contributed by atoms with Gasteiger partial charge in [0.15, 0.2) is 0 Å². The quantitative estimate of drug-likeness (QED) is 0.756. The van der Waals surface area contributed by atoms with Crippen molar-refractivity contribution in [2.45, 2.75) is 63.7 Å². The van der Waals surface area contributed by atoms with Gasteiger partial charge < -0.3 is 10.4 Å². The number of rotatable bonds is 7. The summed E-state index contributed by atoms with van der Waals surface area (Å²) in [6.45, 7) is 2.63. The molecule has 2 N–H and O–H groups in total. The fraction of sp³-hybridized carbons (Fsp3) is 0.579. The highest BCUT2D eigenvalue weighted by atomic mass is 16.4. The molecule has 1 fully saturated rings. The van der Waals surface area contributed by atoms with E-state index in [0.29, 0.717) is 19.4 Å². The molecule has 0 atom stereocenters. The predicted molar refractivity (Wildman–Crippen MR) is 90.4 cm³/mol. The normalized spacial score (nSPS) is 16.7. The zero-order valence-corrected chi connectivity index (χ0v) is 13.9. The number of carbonyl (C=O) groups excluding carboxylic acids is 1. The van der Waals surface area contributed by atoms with Crippen LogP contribution in [0.5, 0.6) is 0 Å². The van der Waals surface area contributed by atoms with E-state index in [1.807, 2.05) is 12.1 Å². The molecule has 0 saturated heterocycles. The molecule has 0 spiro atoms. The maximum Gasteiger partial charge on any atom is 0.303 e. The van der Waals surface area contributed by atoms with E-state index in [1.54, 1.807) is 0 Å². The van der Waals surface area contributed by atoms with Crippen LogP contribution in [-0.4, -0.2) is 23.5 Å². The SMILES string of the molecule is Cc1ccccc1C1(C(=O)NCCCCC(=O)O)CCCCC1. The first kappa shape index (κ1) is 17.5. The third-order valence-electron chi connectivity index (χ3n) is 4.91. The van der Waals surface area contributed by atoms with Gasteiger partial charge >= 0.3 is 5.97 Å². The molecule has 0 aromatic heterocycles. The Morgan fingerprint density at radius 3 is 2.48 bits per heavy atom. The number of benzene rings is 1. The van der Waals surface area contributed by atoms with Gasteiger partial charge in [0.25, 0.3) is 0 Å². The molecule has 126 valence electrons. The molecule has 0 heterocycles. The van der Waals surface area contributed by atoms with Crippen molar-refractivity contribution < 1.29 is 14.7 Å². The second-order valence-corrected chi connectivity index (χ2v) is 6.56. The molecule has 2 rings (SSSR count). The fourth-order valence-corrected chi connectivity index (χ4v) is 3.66. The number of aliphatic carboxylic acids is 1. The molecule has 1 aromatic carbocycles. The van der Waals surface area contributed by atoms with E-state index in [2.05, 4.69) is 24.4 Å². The van der Waals surface area contributed by atoms with Crippen LogP contribution in [0.25, 0.3) is 0 Å². The first-order valence-corrected chi connectivity index (χ1v) is 8.62. The average molecular weight is 317 g/mol. The van der Waals surface area contributed by atoms with Gasteiger partial charge in [-0.3, -0.25) is 9.59 Å². The van der Waals surface area contributed by atoms with Crippen molar-refractivity contribution >= 4 is 11.9 Å². The van der Waals surface area contributed by atoms with E-state index >= 15 is 0 Å². The number of nitrogens with one attached hydrogen (secondary N) is 1. The molecule has 1 amide bonds. The minimum atomic E-state index is -0.778. The Hall–Kier alpha value is -1.84. The summed E-state index contributed by atoms with van der Waals surface area (Å²) >= 11 is 0. The van der Waals surface area contributed by atoms with Gasteiger partial charge in [-0.05, 0) is 43.7 Å². The monoisotopic (exact) mass is 317 g/mol. The van der Waals surface area contributed by atoms with E-state index < -0.39 is 11.4 Å². The number of hydrogen-bond acceptors (Lipinski definition) is 2. The molecule has 0 aliphatic heterocycles. The third kappa shape index (κ3) is 4.34. The minimum Gasteiger partial charge on any atom is -0.481 e. The topological polar surface area (TPSA) is 66.4 Å². The summed E-state index contributed by atoms with van der Waals surface area (Å²) in [5.41, 5.74) is 1.93. The Kier molecular flexibility index (Phi) is 6.20. The van der Waals surface area contributed by atoms with Crippen LogP contribution in [0.15, 0.2) is 24.3 Å².